The molecule has 0 amide bonds. The van der Waals surface area contributed by atoms with E-state index in [0.29, 0.717) is 12.6 Å². The van der Waals surface area contributed by atoms with Crippen LogP contribution in [0, 0.1) is 5.92 Å². The Bertz CT molecular complexity index is 414. The number of rotatable bonds is 4. The number of nitrogens with zero attached hydrogens (tertiary/aromatic N) is 3. The van der Waals surface area contributed by atoms with Crippen molar-refractivity contribution >= 4 is 5.97 Å². The molecule has 5 heteroatoms. The first-order chi connectivity index (χ1) is 8.58. The summed E-state index contributed by atoms with van der Waals surface area (Å²) in [4.78, 5) is 17.4. The number of imidazole rings is 1. The molecule has 2 heterocycles. The van der Waals surface area contributed by atoms with Crippen LogP contribution >= 0.6 is 0 Å². The monoisotopic (exact) mass is 251 g/mol. The smallest absolute Gasteiger partial charge is 0.307 e. The third-order valence-corrected chi connectivity index (χ3v) is 3.54. The Balaban J connectivity index is 2.00. The third kappa shape index (κ3) is 2.90. The predicted octanol–water partition coefficient (Wildman–Crippen LogP) is 1.76. The van der Waals surface area contributed by atoms with Gasteiger partial charge in [-0.05, 0) is 33.2 Å². The molecular weight excluding hydrogens is 230 g/mol. The molecular formula is C13H21N3O2. The van der Waals surface area contributed by atoms with Gasteiger partial charge in [-0.3, -0.25) is 9.69 Å². The lowest BCUT2D eigenvalue weighted by Gasteiger charge is -2.30. The fourth-order valence-electron chi connectivity index (χ4n) is 2.55. The van der Waals surface area contributed by atoms with E-state index in [2.05, 4.69) is 28.3 Å². The maximum absolute atomic E-state index is 11.0. The predicted molar refractivity (Wildman–Crippen MR) is 68.2 cm³/mol. The van der Waals surface area contributed by atoms with E-state index in [1.54, 1.807) is 0 Å². The van der Waals surface area contributed by atoms with E-state index in [-0.39, 0.29) is 5.92 Å². The first-order valence-corrected chi connectivity index (χ1v) is 6.53. The van der Waals surface area contributed by atoms with Crippen LogP contribution in [0.5, 0.6) is 0 Å². The molecule has 2 rings (SSSR count). The van der Waals surface area contributed by atoms with Crippen molar-refractivity contribution in [3.05, 3.63) is 18.2 Å². The fraction of sp³-hybridized carbons (Fsp3) is 0.692. The van der Waals surface area contributed by atoms with Gasteiger partial charge in [-0.2, -0.15) is 0 Å². The Kier molecular flexibility index (Phi) is 4.01. The number of carbonyl (C=O) groups is 1. The van der Waals surface area contributed by atoms with Gasteiger partial charge in [0.15, 0.2) is 0 Å². The maximum atomic E-state index is 11.0. The Morgan fingerprint density at radius 2 is 2.39 bits per heavy atom. The standard InChI is InChI=1S/C13H21N3O2/c1-10(2)16-9-14-6-12(16)8-15-5-3-4-11(7-15)13(17)18/h6,9-11H,3-5,7-8H2,1-2H3,(H,17,18). The second-order valence-corrected chi connectivity index (χ2v) is 5.30. The molecule has 1 N–H and O–H groups in total. The molecule has 0 saturated carbocycles. The minimum atomic E-state index is -0.669. The van der Waals surface area contributed by atoms with Gasteiger partial charge < -0.3 is 9.67 Å². The number of aliphatic carboxylic acids is 1. The minimum Gasteiger partial charge on any atom is -0.481 e. The van der Waals surface area contributed by atoms with E-state index >= 15 is 0 Å². The summed E-state index contributed by atoms with van der Waals surface area (Å²) in [6.07, 6.45) is 5.49. The van der Waals surface area contributed by atoms with Gasteiger partial charge in [-0.1, -0.05) is 0 Å². The van der Waals surface area contributed by atoms with Crippen LogP contribution in [0.3, 0.4) is 0 Å². The molecule has 5 nitrogen and oxygen atoms in total. The molecule has 1 aliphatic rings. The second kappa shape index (κ2) is 5.52. The highest BCUT2D eigenvalue weighted by atomic mass is 16.4. The highest BCUT2D eigenvalue weighted by Gasteiger charge is 2.25. The second-order valence-electron chi connectivity index (χ2n) is 5.30. The van der Waals surface area contributed by atoms with Crippen molar-refractivity contribution in [1.29, 1.82) is 0 Å². The molecule has 0 bridgehead atoms. The first kappa shape index (κ1) is 13.1. The van der Waals surface area contributed by atoms with Gasteiger partial charge in [0, 0.05) is 25.3 Å². The van der Waals surface area contributed by atoms with Gasteiger partial charge in [0.2, 0.25) is 0 Å². The summed E-state index contributed by atoms with van der Waals surface area (Å²) in [7, 11) is 0. The van der Waals surface area contributed by atoms with Crippen LogP contribution in [0.25, 0.3) is 0 Å². The summed E-state index contributed by atoms with van der Waals surface area (Å²) in [6.45, 7) is 6.68. The zero-order chi connectivity index (χ0) is 13.1. The molecule has 1 aliphatic heterocycles. The van der Waals surface area contributed by atoms with Crippen LogP contribution in [0.4, 0.5) is 0 Å². The summed E-state index contributed by atoms with van der Waals surface area (Å²) < 4.78 is 2.14. The number of likely N-dealkylation sites (tertiary alicyclic amines) is 1. The fourth-order valence-corrected chi connectivity index (χ4v) is 2.55. The molecule has 0 aromatic carbocycles. The molecule has 1 atom stereocenters. The topological polar surface area (TPSA) is 58.4 Å². The summed E-state index contributed by atoms with van der Waals surface area (Å²) in [6, 6.07) is 0.391. The average Bonchev–Trinajstić information content (AvgIpc) is 2.77. The highest BCUT2D eigenvalue weighted by Crippen LogP contribution is 2.19. The molecule has 1 unspecified atom stereocenters. The van der Waals surface area contributed by atoms with Crippen molar-refractivity contribution in [2.75, 3.05) is 13.1 Å². The number of piperidine rings is 1. The van der Waals surface area contributed by atoms with Crippen LogP contribution < -0.4 is 0 Å². The average molecular weight is 251 g/mol. The quantitative estimate of drug-likeness (QED) is 0.886. The molecule has 1 aromatic heterocycles. The van der Waals surface area contributed by atoms with Gasteiger partial charge in [-0.15, -0.1) is 0 Å². The lowest BCUT2D eigenvalue weighted by molar-refractivity contribution is -0.143. The number of hydrogen-bond donors (Lipinski definition) is 1. The number of aromatic nitrogens is 2. The molecule has 1 fully saturated rings. The van der Waals surface area contributed by atoms with Crippen molar-refractivity contribution in [3.63, 3.8) is 0 Å². The summed E-state index contributed by atoms with van der Waals surface area (Å²) in [5.41, 5.74) is 1.16. The van der Waals surface area contributed by atoms with Crippen LogP contribution in [0.1, 0.15) is 38.4 Å². The van der Waals surface area contributed by atoms with Crippen molar-refractivity contribution < 1.29 is 9.90 Å². The number of carboxylic acids is 1. The van der Waals surface area contributed by atoms with Crippen molar-refractivity contribution in [3.8, 4) is 0 Å². The maximum Gasteiger partial charge on any atom is 0.307 e. The van der Waals surface area contributed by atoms with Gasteiger partial charge >= 0.3 is 5.97 Å². The van der Waals surface area contributed by atoms with Crippen LogP contribution in [0.15, 0.2) is 12.5 Å². The minimum absolute atomic E-state index is 0.214. The summed E-state index contributed by atoms with van der Waals surface area (Å²) in [5.74, 6) is -0.883. The molecule has 1 aromatic rings. The molecule has 1 saturated heterocycles. The Labute approximate surface area is 107 Å². The van der Waals surface area contributed by atoms with Gasteiger partial charge in [0.05, 0.1) is 17.9 Å². The lowest BCUT2D eigenvalue weighted by Crippen LogP contribution is -2.38. The zero-order valence-electron chi connectivity index (χ0n) is 11.0. The summed E-state index contributed by atoms with van der Waals surface area (Å²) >= 11 is 0. The van der Waals surface area contributed by atoms with Crippen molar-refractivity contribution in [1.82, 2.24) is 14.5 Å². The van der Waals surface area contributed by atoms with E-state index in [1.807, 2.05) is 12.5 Å². The number of carboxylic acid groups (broad SMARTS) is 1. The van der Waals surface area contributed by atoms with Crippen molar-refractivity contribution in [2.24, 2.45) is 5.92 Å². The molecule has 0 radical (unpaired) electrons. The Morgan fingerprint density at radius 3 is 3.06 bits per heavy atom. The van der Waals surface area contributed by atoms with Crippen LogP contribution in [-0.4, -0.2) is 38.6 Å². The van der Waals surface area contributed by atoms with Gasteiger partial charge in [-0.25, -0.2) is 4.98 Å². The normalized spacial score (nSPS) is 21.4. The third-order valence-electron chi connectivity index (χ3n) is 3.54. The van der Waals surface area contributed by atoms with E-state index in [0.717, 1.165) is 31.6 Å². The zero-order valence-corrected chi connectivity index (χ0v) is 11.0. The van der Waals surface area contributed by atoms with Gasteiger partial charge in [0.25, 0.3) is 0 Å². The number of hydrogen-bond acceptors (Lipinski definition) is 3. The Hall–Kier alpha value is -1.36. The highest BCUT2D eigenvalue weighted by molar-refractivity contribution is 5.70. The lowest BCUT2D eigenvalue weighted by atomic mass is 9.98. The molecule has 100 valence electrons. The van der Waals surface area contributed by atoms with E-state index in [4.69, 9.17) is 5.11 Å². The Morgan fingerprint density at radius 1 is 1.61 bits per heavy atom. The van der Waals surface area contributed by atoms with E-state index in [1.165, 1.54) is 0 Å². The first-order valence-electron chi connectivity index (χ1n) is 6.53. The molecule has 18 heavy (non-hydrogen) atoms. The SMILES string of the molecule is CC(C)n1cncc1CN1CCCC(C(=O)O)C1. The van der Waals surface area contributed by atoms with Crippen LogP contribution in [0.2, 0.25) is 0 Å². The van der Waals surface area contributed by atoms with E-state index < -0.39 is 5.97 Å². The van der Waals surface area contributed by atoms with Crippen LogP contribution in [-0.2, 0) is 11.3 Å². The largest absolute Gasteiger partial charge is 0.481 e. The molecule has 0 aliphatic carbocycles. The van der Waals surface area contributed by atoms with Crippen molar-refractivity contribution in [2.45, 2.75) is 39.3 Å². The van der Waals surface area contributed by atoms with E-state index in [9.17, 15) is 4.79 Å². The molecule has 0 spiro atoms. The summed E-state index contributed by atoms with van der Waals surface area (Å²) in [5, 5.41) is 9.08. The van der Waals surface area contributed by atoms with Gasteiger partial charge in [0.1, 0.15) is 0 Å².